The number of rotatable bonds is 6. The number of hydrogen-bond acceptors (Lipinski definition) is 11. The number of benzene rings is 1. The van der Waals surface area contributed by atoms with Gasteiger partial charge in [0.2, 0.25) is 12.3 Å². The second-order valence-electron chi connectivity index (χ2n) is 10.4. The molecule has 5 N–H and O–H groups in total. The number of primary amides is 1. The summed E-state index contributed by atoms with van der Waals surface area (Å²) in [7, 11) is 2.85. The van der Waals surface area contributed by atoms with Gasteiger partial charge in [-0.1, -0.05) is 19.9 Å². The molecule has 39 heavy (non-hydrogen) atoms. The van der Waals surface area contributed by atoms with Crippen LogP contribution in [0, 0.1) is 23.7 Å². The predicted octanol–water partition coefficient (Wildman–Crippen LogP) is -1.07. The molecule has 0 bridgehead atoms. The lowest BCUT2D eigenvalue weighted by molar-refractivity contribution is -0.205. The maximum absolute atomic E-state index is 14.1. The van der Waals surface area contributed by atoms with E-state index in [9.17, 15) is 43.8 Å². The SMILES string of the molecule is CCC(=O)O[C@H]1[C@H]2C(C(=O)c3c(ccc(NC=O)c3O)[C@@H]2C)C(=O)[C@]2(O)C(=O)C(C(N)=O)C(=O)[C@@H](N(C)C)[C@H]12. The van der Waals surface area contributed by atoms with Crippen LogP contribution in [0.1, 0.15) is 42.1 Å². The van der Waals surface area contributed by atoms with Gasteiger partial charge in [-0.3, -0.25) is 38.5 Å². The van der Waals surface area contributed by atoms with E-state index < -0.39 is 88.1 Å². The first kappa shape index (κ1) is 28.0. The van der Waals surface area contributed by atoms with E-state index in [1.54, 1.807) is 6.92 Å². The summed E-state index contributed by atoms with van der Waals surface area (Å²) in [4.78, 5) is 92.0. The lowest BCUT2D eigenvalue weighted by Crippen LogP contribution is -2.78. The van der Waals surface area contributed by atoms with Crippen LogP contribution in [0.3, 0.4) is 0 Å². The largest absolute Gasteiger partial charge is 0.505 e. The quantitative estimate of drug-likeness (QED) is 0.147. The van der Waals surface area contributed by atoms with Crippen molar-refractivity contribution in [3.8, 4) is 5.75 Å². The number of nitrogens with two attached hydrogens (primary N) is 1. The minimum atomic E-state index is -3.09. The van der Waals surface area contributed by atoms with Gasteiger partial charge in [-0.2, -0.15) is 0 Å². The van der Waals surface area contributed by atoms with Gasteiger partial charge in [0.05, 0.1) is 29.1 Å². The minimum Gasteiger partial charge on any atom is -0.505 e. The number of carbonyl (C=O) groups is 7. The van der Waals surface area contributed by atoms with Crippen molar-refractivity contribution < 1.29 is 48.5 Å². The predicted molar refractivity (Wildman–Crippen MR) is 131 cm³/mol. The van der Waals surface area contributed by atoms with E-state index in [4.69, 9.17) is 10.5 Å². The van der Waals surface area contributed by atoms with Crippen LogP contribution in [-0.4, -0.2) is 88.4 Å². The third-order valence-corrected chi connectivity index (χ3v) is 8.23. The van der Waals surface area contributed by atoms with Crippen LogP contribution in [0.2, 0.25) is 0 Å². The van der Waals surface area contributed by atoms with Gasteiger partial charge in [-0.25, -0.2) is 0 Å². The van der Waals surface area contributed by atoms with Crippen molar-refractivity contribution >= 4 is 47.1 Å². The number of nitrogens with zero attached hydrogens (tertiary/aromatic N) is 1. The summed E-state index contributed by atoms with van der Waals surface area (Å²) in [5.74, 6) is -15.0. The van der Waals surface area contributed by atoms with Crippen LogP contribution in [0.15, 0.2) is 12.1 Å². The molecule has 0 aromatic heterocycles. The van der Waals surface area contributed by atoms with Crippen LogP contribution in [0.4, 0.5) is 5.69 Å². The molecule has 0 saturated heterocycles. The molecule has 2 saturated carbocycles. The Morgan fingerprint density at radius 3 is 2.36 bits per heavy atom. The maximum atomic E-state index is 14.1. The van der Waals surface area contributed by atoms with Crippen molar-refractivity contribution in [1.29, 1.82) is 0 Å². The highest BCUT2D eigenvalue weighted by atomic mass is 16.5. The van der Waals surface area contributed by atoms with E-state index in [1.807, 2.05) is 0 Å². The van der Waals surface area contributed by atoms with Crippen LogP contribution in [0.5, 0.6) is 5.75 Å². The topological polar surface area (TPSA) is 210 Å². The zero-order chi connectivity index (χ0) is 29.1. The highest BCUT2D eigenvalue weighted by molar-refractivity contribution is 6.32. The molecule has 0 aliphatic heterocycles. The third-order valence-electron chi connectivity index (χ3n) is 8.23. The van der Waals surface area contributed by atoms with Crippen molar-refractivity contribution in [2.75, 3.05) is 19.4 Å². The van der Waals surface area contributed by atoms with Crippen molar-refractivity contribution in [2.24, 2.45) is 29.4 Å². The number of ketones is 4. The number of amides is 2. The van der Waals surface area contributed by atoms with Crippen molar-refractivity contribution in [2.45, 2.75) is 43.9 Å². The minimum absolute atomic E-state index is 0.114. The number of ether oxygens (including phenoxy) is 1. The first-order valence-corrected chi connectivity index (χ1v) is 12.4. The molecule has 1 aromatic carbocycles. The number of anilines is 1. The highest BCUT2D eigenvalue weighted by Crippen LogP contribution is 2.55. The molecular weight excluding hydrogens is 514 g/mol. The van der Waals surface area contributed by atoms with Gasteiger partial charge < -0.3 is 26.0 Å². The normalized spacial score (nSPS) is 33.6. The molecule has 208 valence electrons. The fourth-order valence-electron chi connectivity index (χ4n) is 6.52. The Kier molecular flexibility index (Phi) is 6.94. The zero-order valence-electron chi connectivity index (χ0n) is 21.7. The van der Waals surface area contributed by atoms with Gasteiger partial charge in [-0.05, 0) is 31.6 Å². The molecule has 13 heteroatoms. The molecule has 2 unspecified atom stereocenters. The molecule has 13 nitrogen and oxygen atoms in total. The van der Waals surface area contributed by atoms with E-state index in [0.717, 1.165) is 0 Å². The van der Waals surface area contributed by atoms with E-state index in [1.165, 1.54) is 38.1 Å². The molecule has 8 atom stereocenters. The second-order valence-corrected chi connectivity index (χ2v) is 10.4. The van der Waals surface area contributed by atoms with Gasteiger partial charge in [0.15, 0.2) is 34.7 Å². The number of nitrogens with one attached hydrogen (secondary N) is 1. The standard InChI is InChI=1S/C26H29N3O10/c1-5-12(31)39-22-13-9(2)10-6-7-11(28-8-30)19(32)14(10)20(33)15(13)23(35)26(38)17(22)18(29(3)4)21(34)16(24(26)36)25(27)37/h6-9,13,15-18,22,32,38H,5H2,1-4H3,(H2,27,37)(H,28,30)/t9-,13+,15?,16?,17+,18-,22-,26-/m0/s1. The second kappa shape index (κ2) is 9.65. The maximum Gasteiger partial charge on any atom is 0.305 e. The average Bonchev–Trinajstić information content (AvgIpc) is 2.86. The Bertz CT molecular complexity index is 1320. The van der Waals surface area contributed by atoms with E-state index in [2.05, 4.69) is 5.32 Å². The first-order valence-electron chi connectivity index (χ1n) is 12.4. The Labute approximate surface area is 222 Å². The summed E-state index contributed by atoms with van der Waals surface area (Å²) < 4.78 is 5.72. The van der Waals surface area contributed by atoms with Crippen molar-refractivity contribution in [1.82, 2.24) is 4.90 Å². The number of aromatic hydroxyl groups is 1. The summed E-state index contributed by atoms with van der Waals surface area (Å²) in [6.45, 7) is 3.11. The molecule has 2 fully saturated rings. The van der Waals surface area contributed by atoms with Crippen LogP contribution in [-0.2, 0) is 33.5 Å². The molecule has 0 heterocycles. The van der Waals surface area contributed by atoms with E-state index in [-0.39, 0.29) is 29.6 Å². The first-order chi connectivity index (χ1) is 18.2. The molecule has 3 aliphatic carbocycles. The van der Waals surface area contributed by atoms with E-state index in [0.29, 0.717) is 0 Å². The Morgan fingerprint density at radius 1 is 1.18 bits per heavy atom. The smallest absolute Gasteiger partial charge is 0.305 e. The molecule has 0 spiro atoms. The fourth-order valence-corrected chi connectivity index (χ4v) is 6.52. The lowest BCUT2D eigenvalue weighted by Gasteiger charge is -2.56. The summed E-state index contributed by atoms with van der Waals surface area (Å²) in [5, 5.41) is 25.0. The Balaban J connectivity index is 2.02. The average molecular weight is 544 g/mol. The molecule has 3 aliphatic rings. The summed E-state index contributed by atoms with van der Waals surface area (Å²) >= 11 is 0. The van der Waals surface area contributed by atoms with Gasteiger partial charge >= 0.3 is 5.97 Å². The number of phenols is 1. The van der Waals surface area contributed by atoms with Gasteiger partial charge in [-0.15, -0.1) is 0 Å². The summed E-state index contributed by atoms with van der Waals surface area (Å²) in [6.07, 6.45) is -1.35. The van der Waals surface area contributed by atoms with Crippen molar-refractivity contribution in [3.05, 3.63) is 23.3 Å². The molecule has 1 aromatic rings. The molecular formula is C26H29N3O10. The zero-order valence-corrected chi connectivity index (χ0v) is 21.7. The third kappa shape index (κ3) is 3.79. The monoisotopic (exact) mass is 543 g/mol. The molecule has 4 rings (SSSR count). The summed E-state index contributed by atoms with van der Waals surface area (Å²) in [5.41, 5.74) is 2.10. The van der Waals surface area contributed by atoms with Gasteiger partial charge in [0.25, 0.3) is 0 Å². The number of Topliss-reactive ketones (excluding diaryl/α,β-unsaturated/α-hetero) is 4. The number of esters is 1. The number of fused-ring (bicyclic) bond motifs is 3. The fraction of sp³-hybridized carbons (Fsp3) is 0.500. The van der Waals surface area contributed by atoms with Gasteiger partial charge in [0.1, 0.15) is 11.9 Å². The molecule has 2 amide bonds. The van der Waals surface area contributed by atoms with Gasteiger partial charge in [0, 0.05) is 12.3 Å². The number of phenolic OH excluding ortho intramolecular Hbond substituents is 1. The lowest BCUT2D eigenvalue weighted by atomic mass is 9.49. The number of carbonyl (C=O) groups excluding carboxylic acids is 7. The summed E-state index contributed by atoms with van der Waals surface area (Å²) in [6, 6.07) is 1.36. The van der Waals surface area contributed by atoms with E-state index >= 15 is 0 Å². The van der Waals surface area contributed by atoms with Crippen LogP contribution in [0.25, 0.3) is 0 Å². The number of aliphatic hydroxyl groups is 1. The van der Waals surface area contributed by atoms with Crippen LogP contribution < -0.4 is 11.1 Å². The Hall–Kier alpha value is -3.97. The van der Waals surface area contributed by atoms with Crippen LogP contribution >= 0.6 is 0 Å². The van der Waals surface area contributed by atoms with Crippen molar-refractivity contribution in [3.63, 3.8) is 0 Å². The Morgan fingerprint density at radius 2 is 1.82 bits per heavy atom. The molecule has 0 radical (unpaired) electrons. The highest BCUT2D eigenvalue weighted by Gasteiger charge is 2.74. The number of hydrogen-bond donors (Lipinski definition) is 4. The number of likely N-dealkylation sites (N-methyl/N-ethyl adjacent to an activating group) is 1.